The van der Waals surface area contributed by atoms with Crippen molar-refractivity contribution in [3.8, 4) is 11.5 Å². The quantitative estimate of drug-likeness (QED) is 0.777. The molecule has 0 aromatic heterocycles. The largest absolute Gasteiger partial charge is 0.496 e. The summed E-state index contributed by atoms with van der Waals surface area (Å²) in [5, 5.41) is 0. The summed E-state index contributed by atoms with van der Waals surface area (Å²) in [5.74, 6) is 3.08. The van der Waals surface area contributed by atoms with Gasteiger partial charge in [-0.3, -0.25) is 0 Å². The van der Waals surface area contributed by atoms with E-state index in [2.05, 4.69) is 11.8 Å². The Labute approximate surface area is 102 Å². The molecular weight excluding hydrogens is 214 g/mol. The first-order valence-corrected chi connectivity index (χ1v) is 6.14. The second-order valence-electron chi connectivity index (χ2n) is 4.81. The summed E-state index contributed by atoms with van der Waals surface area (Å²) >= 11 is 0. The van der Waals surface area contributed by atoms with Crippen LogP contribution >= 0.6 is 0 Å². The minimum atomic E-state index is 0.539. The van der Waals surface area contributed by atoms with E-state index in [-0.39, 0.29) is 0 Å². The van der Waals surface area contributed by atoms with E-state index in [4.69, 9.17) is 9.47 Å². The van der Waals surface area contributed by atoms with Gasteiger partial charge in [-0.15, -0.1) is 0 Å². The lowest BCUT2D eigenvalue weighted by Gasteiger charge is -2.29. The van der Waals surface area contributed by atoms with Crippen LogP contribution in [-0.4, -0.2) is 38.3 Å². The van der Waals surface area contributed by atoms with E-state index < -0.39 is 0 Å². The van der Waals surface area contributed by atoms with Gasteiger partial charge in [0.2, 0.25) is 0 Å². The second kappa shape index (κ2) is 4.22. The van der Waals surface area contributed by atoms with Crippen molar-refractivity contribution in [3.63, 3.8) is 0 Å². The highest BCUT2D eigenvalue weighted by Gasteiger charge is 2.39. The van der Waals surface area contributed by atoms with Crippen LogP contribution in [-0.2, 0) is 0 Å². The third-order valence-corrected chi connectivity index (χ3v) is 3.90. The van der Waals surface area contributed by atoms with Crippen molar-refractivity contribution in [2.24, 2.45) is 5.92 Å². The molecule has 2 atom stereocenters. The van der Waals surface area contributed by atoms with E-state index in [1.54, 1.807) is 7.11 Å². The molecule has 1 fully saturated rings. The van der Waals surface area contributed by atoms with Crippen molar-refractivity contribution in [2.45, 2.75) is 5.92 Å². The monoisotopic (exact) mass is 232 g/mol. The van der Waals surface area contributed by atoms with Gasteiger partial charge < -0.3 is 14.4 Å². The van der Waals surface area contributed by atoms with Crippen LogP contribution in [0.5, 0.6) is 11.5 Å². The fraction of sp³-hybridized carbons (Fsp3) is 0.500. The van der Waals surface area contributed by atoms with Gasteiger partial charge in [0, 0.05) is 30.5 Å². The van der Waals surface area contributed by atoms with Gasteiger partial charge in [-0.25, -0.2) is 0 Å². The molecular formula is C14H18NO2. The number of hydrogen-bond acceptors (Lipinski definition) is 3. The molecule has 0 unspecified atom stereocenters. The number of benzene rings is 1. The third kappa shape index (κ3) is 1.69. The molecule has 17 heavy (non-hydrogen) atoms. The zero-order valence-corrected chi connectivity index (χ0v) is 10.2. The fourth-order valence-corrected chi connectivity index (χ4v) is 3.03. The minimum Gasteiger partial charge on any atom is -0.496 e. The van der Waals surface area contributed by atoms with Gasteiger partial charge in [-0.05, 0) is 25.6 Å². The van der Waals surface area contributed by atoms with Crippen molar-refractivity contribution in [2.75, 3.05) is 33.4 Å². The Morgan fingerprint density at radius 3 is 3.12 bits per heavy atom. The second-order valence-corrected chi connectivity index (χ2v) is 4.81. The highest BCUT2D eigenvalue weighted by Crippen LogP contribution is 2.45. The van der Waals surface area contributed by atoms with Gasteiger partial charge in [-0.2, -0.15) is 0 Å². The van der Waals surface area contributed by atoms with Crippen LogP contribution in [0, 0.1) is 12.8 Å². The summed E-state index contributed by atoms with van der Waals surface area (Å²) < 4.78 is 11.3. The van der Waals surface area contributed by atoms with Crippen LogP contribution in [0.3, 0.4) is 0 Å². The van der Waals surface area contributed by atoms with E-state index in [9.17, 15) is 0 Å². The van der Waals surface area contributed by atoms with Gasteiger partial charge in [0.05, 0.1) is 13.7 Å². The van der Waals surface area contributed by atoms with Crippen LogP contribution in [0.25, 0.3) is 0 Å². The molecule has 0 saturated carbocycles. The highest BCUT2D eigenvalue weighted by atomic mass is 16.5. The maximum absolute atomic E-state index is 5.85. The van der Waals surface area contributed by atoms with E-state index in [1.165, 1.54) is 5.56 Å². The molecule has 91 valence electrons. The van der Waals surface area contributed by atoms with E-state index in [0.717, 1.165) is 37.7 Å². The Balaban J connectivity index is 2.00. The first kappa shape index (κ1) is 10.9. The van der Waals surface area contributed by atoms with Crippen LogP contribution in [0.1, 0.15) is 11.5 Å². The molecule has 2 heterocycles. The molecule has 0 N–H and O–H groups in total. The Morgan fingerprint density at radius 1 is 1.47 bits per heavy atom. The molecule has 2 aliphatic heterocycles. The lowest BCUT2D eigenvalue weighted by atomic mass is 9.86. The van der Waals surface area contributed by atoms with E-state index in [1.807, 2.05) is 18.2 Å². The molecule has 0 bridgehead atoms. The standard InChI is InChI=1S/C14H18NO2/c1-3-15-7-10-9-17-13-6-4-5-12(16-2)14(13)11(10)8-15/h4-6,10-11H,1,3,7-9H2,2H3/t10-,11-/m1/s1. The highest BCUT2D eigenvalue weighted by molar-refractivity contribution is 5.49. The van der Waals surface area contributed by atoms with Crippen LogP contribution in [0.2, 0.25) is 0 Å². The molecule has 3 heteroatoms. The molecule has 1 radical (unpaired) electrons. The number of hydrogen-bond donors (Lipinski definition) is 0. The molecule has 1 aromatic rings. The van der Waals surface area contributed by atoms with E-state index >= 15 is 0 Å². The third-order valence-electron chi connectivity index (χ3n) is 3.90. The summed E-state index contributed by atoms with van der Waals surface area (Å²) in [7, 11) is 1.73. The molecule has 1 saturated heterocycles. The predicted molar refractivity (Wildman–Crippen MR) is 66.5 cm³/mol. The maximum atomic E-state index is 5.85. The van der Waals surface area contributed by atoms with Crippen LogP contribution < -0.4 is 9.47 Å². The summed E-state index contributed by atoms with van der Waals surface area (Å²) in [6, 6.07) is 6.06. The average Bonchev–Trinajstić information content (AvgIpc) is 2.81. The van der Waals surface area contributed by atoms with Crippen molar-refractivity contribution < 1.29 is 9.47 Å². The normalized spacial score (nSPS) is 27.2. The van der Waals surface area contributed by atoms with Gasteiger partial charge >= 0.3 is 0 Å². The van der Waals surface area contributed by atoms with Gasteiger partial charge in [-0.1, -0.05) is 6.07 Å². The molecule has 0 amide bonds. The molecule has 3 rings (SSSR count). The van der Waals surface area contributed by atoms with Crippen LogP contribution in [0.15, 0.2) is 18.2 Å². The summed E-state index contributed by atoms with van der Waals surface area (Å²) in [5.41, 5.74) is 1.25. The number of rotatable bonds is 2. The lowest BCUT2D eigenvalue weighted by molar-refractivity contribution is 0.210. The SMILES string of the molecule is [CH2]CN1C[C@@H]2COc3cccc(OC)c3[C@@H]2C1. The van der Waals surface area contributed by atoms with Gasteiger partial charge in [0.25, 0.3) is 0 Å². The Morgan fingerprint density at radius 2 is 2.35 bits per heavy atom. The number of nitrogens with zero attached hydrogens (tertiary/aromatic N) is 1. The zero-order chi connectivity index (χ0) is 11.8. The number of ether oxygens (including phenoxy) is 2. The molecule has 0 spiro atoms. The first-order valence-electron chi connectivity index (χ1n) is 6.14. The van der Waals surface area contributed by atoms with Crippen molar-refractivity contribution in [1.29, 1.82) is 0 Å². The first-order chi connectivity index (χ1) is 8.33. The zero-order valence-electron chi connectivity index (χ0n) is 10.2. The molecule has 0 aliphatic carbocycles. The predicted octanol–water partition coefficient (Wildman–Crippen LogP) is 1.94. The fourth-order valence-electron chi connectivity index (χ4n) is 3.03. The number of methoxy groups -OCH3 is 1. The number of fused-ring (bicyclic) bond motifs is 3. The summed E-state index contributed by atoms with van der Waals surface area (Å²) in [6.45, 7) is 7.83. The lowest BCUT2D eigenvalue weighted by Crippen LogP contribution is -2.25. The van der Waals surface area contributed by atoms with E-state index in [0.29, 0.717) is 11.8 Å². The van der Waals surface area contributed by atoms with Crippen LogP contribution in [0.4, 0.5) is 0 Å². The van der Waals surface area contributed by atoms with Gasteiger partial charge in [0.15, 0.2) is 0 Å². The molecule has 2 aliphatic rings. The average molecular weight is 232 g/mol. The smallest absolute Gasteiger partial charge is 0.126 e. The summed E-state index contributed by atoms with van der Waals surface area (Å²) in [4.78, 5) is 2.39. The van der Waals surface area contributed by atoms with Crippen molar-refractivity contribution in [1.82, 2.24) is 4.90 Å². The Kier molecular flexibility index (Phi) is 2.71. The van der Waals surface area contributed by atoms with Crippen molar-refractivity contribution >= 4 is 0 Å². The van der Waals surface area contributed by atoms with Gasteiger partial charge in [0.1, 0.15) is 11.5 Å². The number of likely N-dealkylation sites (tertiary alicyclic amines) is 1. The molecule has 3 nitrogen and oxygen atoms in total. The minimum absolute atomic E-state index is 0.539. The summed E-state index contributed by atoms with van der Waals surface area (Å²) in [6.07, 6.45) is 0. The molecule has 1 aromatic carbocycles. The maximum Gasteiger partial charge on any atom is 0.126 e. The topological polar surface area (TPSA) is 21.7 Å². The Hall–Kier alpha value is -1.22. The Bertz CT molecular complexity index is 404. The van der Waals surface area contributed by atoms with Crippen molar-refractivity contribution in [3.05, 3.63) is 30.7 Å².